The topological polar surface area (TPSA) is 131 Å². The van der Waals surface area contributed by atoms with Crippen LogP contribution in [0.5, 0.6) is 0 Å². The predicted octanol–water partition coefficient (Wildman–Crippen LogP) is 6.16. The molecule has 0 spiro atoms. The van der Waals surface area contributed by atoms with Crippen molar-refractivity contribution < 1.29 is 30.0 Å². The molecule has 3 heterocycles. The average Bonchev–Trinajstić information content (AvgIpc) is 3.35. The number of fused-ring (bicyclic) bond motifs is 4. The number of sulfonamides is 1. The first kappa shape index (κ1) is 30.8. The second-order valence-electron chi connectivity index (χ2n) is 13.1. The van der Waals surface area contributed by atoms with Gasteiger partial charge in [0.15, 0.2) is 20.5 Å². The third-order valence-corrected chi connectivity index (χ3v) is 14.8. The zero-order valence-electron chi connectivity index (χ0n) is 24.9. The second kappa shape index (κ2) is 11.0. The van der Waals surface area contributed by atoms with Crippen LogP contribution in [0.15, 0.2) is 53.6 Å². The molecule has 4 aromatic rings. The molecule has 2 aromatic heterocycles. The van der Waals surface area contributed by atoms with Crippen molar-refractivity contribution in [3.05, 3.63) is 71.1 Å². The van der Waals surface area contributed by atoms with E-state index in [0.29, 0.717) is 22.4 Å². The molecule has 0 amide bonds. The van der Waals surface area contributed by atoms with Gasteiger partial charge in [-0.3, -0.25) is 4.72 Å². The van der Waals surface area contributed by atoms with E-state index < -0.39 is 47.9 Å². The molecule has 2 bridgehead atoms. The highest BCUT2D eigenvalue weighted by Crippen LogP contribution is 2.54. The molecular weight excluding hydrogens is 672 g/mol. The normalized spacial score (nSPS) is 27.4. The van der Waals surface area contributed by atoms with Crippen molar-refractivity contribution >= 4 is 42.8 Å². The fourth-order valence-electron chi connectivity index (χ4n) is 7.67. The van der Waals surface area contributed by atoms with Gasteiger partial charge in [0.1, 0.15) is 16.6 Å². The van der Waals surface area contributed by atoms with Crippen LogP contribution in [0.1, 0.15) is 43.5 Å². The predicted molar refractivity (Wildman–Crippen MR) is 172 cm³/mol. The number of anilines is 2. The van der Waals surface area contributed by atoms with Gasteiger partial charge in [-0.2, -0.15) is 0 Å². The summed E-state index contributed by atoms with van der Waals surface area (Å²) < 4.78 is 97.1. The number of sulfone groups is 1. The highest BCUT2D eigenvalue weighted by Gasteiger charge is 2.59. The Morgan fingerprint density at radius 1 is 0.894 bits per heavy atom. The largest absolute Gasteiger partial charge is 0.351 e. The quantitative estimate of drug-likeness (QED) is 0.223. The number of aromatic nitrogens is 3. The number of thiazole rings is 1. The van der Waals surface area contributed by atoms with Gasteiger partial charge < -0.3 is 5.32 Å². The van der Waals surface area contributed by atoms with Crippen LogP contribution in [0.25, 0.3) is 21.8 Å². The van der Waals surface area contributed by atoms with Crippen LogP contribution in [-0.2, 0) is 25.3 Å². The molecule has 0 unspecified atom stereocenters. The lowest BCUT2D eigenvalue weighted by atomic mass is 9.61. The summed E-state index contributed by atoms with van der Waals surface area (Å²) in [6.45, 7) is 0. The van der Waals surface area contributed by atoms with Gasteiger partial charge >= 0.3 is 0 Å². The van der Waals surface area contributed by atoms with Crippen molar-refractivity contribution in [3.8, 4) is 21.8 Å². The minimum absolute atomic E-state index is 0.00709. The number of nitrogens with zero attached hydrogens (tertiary/aromatic N) is 3. The standard InChI is InChI=1S/C32H30F3N5O4S3/c33-21-4-2-5-22(34)29(21)47(43,44)40-23-6-1-3-18(25(23)35)27-28(45-30(38-27)32-11-7-17(8-12-32)9-13-32)24-10-14-36-31(37-24)39-26-19-15-46(41,42)16-20(19)26/h1-6,10,14,17,19-20,26,40H,7-9,11-13,15-16H2,(H,36,37,39)/t17?,19-,20+,26+,32?. The fraction of sp³-hybridized carbons (Fsp3) is 0.406. The molecule has 0 radical (unpaired) electrons. The summed E-state index contributed by atoms with van der Waals surface area (Å²) in [4.78, 5) is 13.5. The average molecular weight is 702 g/mol. The molecule has 9 nitrogen and oxygen atoms in total. The number of nitrogens with one attached hydrogen (secondary N) is 2. The molecule has 9 rings (SSSR count). The van der Waals surface area contributed by atoms with Crippen LogP contribution in [0.4, 0.5) is 24.8 Å². The lowest BCUT2D eigenvalue weighted by Crippen LogP contribution is -2.37. The van der Waals surface area contributed by atoms with Gasteiger partial charge in [0.25, 0.3) is 10.0 Å². The lowest BCUT2D eigenvalue weighted by Gasteiger charge is -2.45. The van der Waals surface area contributed by atoms with Gasteiger partial charge in [-0.25, -0.2) is 45.0 Å². The van der Waals surface area contributed by atoms with E-state index in [0.717, 1.165) is 61.7 Å². The first-order valence-corrected chi connectivity index (χ1v) is 19.6. The number of benzene rings is 2. The molecule has 5 fully saturated rings. The van der Waals surface area contributed by atoms with Crippen molar-refractivity contribution in [2.24, 2.45) is 17.8 Å². The molecule has 4 saturated carbocycles. The van der Waals surface area contributed by atoms with E-state index in [1.165, 1.54) is 29.5 Å². The van der Waals surface area contributed by atoms with Gasteiger partial charge in [0.2, 0.25) is 5.95 Å². The summed E-state index contributed by atoms with van der Waals surface area (Å²) in [6.07, 6.45) is 7.81. The molecule has 5 aliphatic rings. The molecule has 4 aliphatic carbocycles. The summed E-state index contributed by atoms with van der Waals surface area (Å²) in [5.41, 5.74) is 0.145. The maximum Gasteiger partial charge on any atom is 0.267 e. The molecule has 1 aliphatic heterocycles. The van der Waals surface area contributed by atoms with Gasteiger partial charge in [-0.1, -0.05) is 12.1 Å². The van der Waals surface area contributed by atoms with Crippen molar-refractivity contribution in [3.63, 3.8) is 0 Å². The van der Waals surface area contributed by atoms with E-state index in [4.69, 9.17) is 9.97 Å². The molecular formula is C32H30F3N5O4S3. The highest BCUT2D eigenvalue weighted by atomic mass is 32.2. The van der Waals surface area contributed by atoms with Crippen LogP contribution in [0.2, 0.25) is 0 Å². The van der Waals surface area contributed by atoms with Crippen LogP contribution in [-0.4, -0.2) is 49.3 Å². The summed E-state index contributed by atoms with van der Waals surface area (Å²) >= 11 is 1.44. The van der Waals surface area contributed by atoms with Crippen LogP contribution >= 0.6 is 11.3 Å². The van der Waals surface area contributed by atoms with Crippen molar-refractivity contribution in [1.29, 1.82) is 0 Å². The Morgan fingerprint density at radius 3 is 2.23 bits per heavy atom. The summed E-state index contributed by atoms with van der Waals surface area (Å²) in [5.74, 6) is -2.18. The third-order valence-electron chi connectivity index (χ3n) is 10.3. The first-order chi connectivity index (χ1) is 22.4. The van der Waals surface area contributed by atoms with Crippen LogP contribution in [0.3, 0.4) is 0 Å². The van der Waals surface area contributed by atoms with Crippen molar-refractivity contribution in [1.82, 2.24) is 15.0 Å². The Kier molecular flexibility index (Phi) is 7.19. The molecule has 1 saturated heterocycles. The Bertz CT molecular complexity index is 2080. The number of hydrogen-bond acceptors (Lipinski definition) is 9. The molecule has 2 aromatic carbocycles. The van der Waals surface area contributed by atoms with Gasteiger partial charge in [-0.15, -0.1) is 11.3 Å². The first-order valence-electron chi connectivity index (χ1n) is 15.5. The minimum Gasteiger partial charge on any atom is -0.351 e. The lowest BCUT2D eigenvalue weighted by molar-refractivity contribution is 0.135. The number of hydrogen-bond donors (Lipinski definition) is 2. The smallest absolute Gasteiger partial charge is 0.267 e. The van der Waals surface area contributed by atoms with Gasteiger partial charge in [0, 0.05) is 23.2 Å². The van der Waals surface area contributed by atoms with E-state index in [2.05, 4.69) is 10.3 Å². The van der Waals surface area contributed by atoms with E-state index in [-0.39, 0.29) is 46.1 Å². The summed E-state index contributed by atoms with van der Waals surface area (Å²) in [7, 11) is -7.84. The molecule has 2 N–H and O–H groups in total. The third kappa shape index (κ3) is 5.39. The monoisotopic (exact) mass is 701 g/mol. The zero-order chi connectivity index (χ0) is 32.7. The zero-order valence-corrected chi connectivity index (χ0v) is 27.4. The van der Waals surface area contributed by atoms with Crippen molar-refractivity contribution in [2.45, 2.75) is 54.9 Å². The molecule has 15 heteroatoms. The maximum atomic E-state index is 16.3. The SMILES string of the molecule is O=S1(=O)C[C@@H]2[C@H](C1)[C@H]2Nc1nccc(-c2sc(C34CCC(CC3)CC4)nc2-c2cccc(NS(=O)(=O)c3c(F)cccc3F)c2F)n1. The fourth-order valence-corrected chi connectivity index (χ4v) is 12.4. The van der Waals surface area contributed by atoms with Crippen molar-refractivity contribution in [2.75, 3.05) is 21.5 Å². The number of halogens is 3. The van der Waals surface area contributed by atoms with E-state index in [9.17, 15) is 25.6 Å². The Hall–Kier alpha value is -3.56. The van der Waals surface area contributed by atoms with Crippen LogP contribution < -0.4 is 10.0 Å². The van der Waals surface area contributed by atoms with Crippen LogP contribution in [0, 0.1) is 35.2 Å². The minimum atomic E-state index is -4.83. The molecule has 246 valence electrons. The maximum absolute atomic E-state index is 16.3. The molecule has 3 atom stereocenters. The Morgan fingerprint density at radius 2 is 1.55 bits per heavy atom. The summed E-state index contributed by atoms with van der Waals surface area (Å²) in [6, 6.07) is 8.45. The van der Waals surface area contributed by atoms with E-state index in [1.54, 1.807) is 12.3 Å². The van der Waals surface area contributed by atoms with Gasteiger partial charge in [0.05, 0.1) is 33.5 Å². The van der Waals surface area contributed by atoms with E-state index in [1.807, 2.05) is 4.72 Å². The van der Waals surface area contributed by atoms with E-state index >= 15 is 4.39 Å². The number of rotatable bonds is 8. The van der Waals surface area contributed by atoms with Gasteiger partial charge in [-0.05, 0) is 86.6 Å². The summed E-state index contributed by atoms with van der Waals surface area (Å²) in [5, 5.41) is 4.15. The Labute approximate surface area is 274 Å². The Balaban J connectivity index is 1.18. The molecule has 47 heavy (non-hydrogen) atoms. The second-order valence-corrected chi connectivity index (χ2v) is 17.9. The highest BCUT2D eigenvalue weighted by molar-refractivity contribution is 7.92.